The topological polar surface area (TPSA) is 114 Å². The number of aromatic nitrogens is 3. The number of rotatable bonds is 5. The number of carbonyl (C=O) groups excluding carboxylic acids is 2. The lowest BCUT2D eigenvalue weighted by Crippen LogP contribution is -2.35. The molecule has 24 heavy (non-hydrogen) atoms. The van der Waals surface area contributed by atoms with Gasteiger partial charge >= 0.3 is 0 Å². The summed E-state index contributed by atoms with van der Waals surface area (Å²) < 4.78 is 29.0. The van der Waals surface area contributed by atoms with Gasteiger partial charge in [0.1, 0.15) is 12.7 Å². The first-order valence-corrected chi connectivity index (χ1v) is 8.59. The van der Waals surface area contributed by atoms with E-state index in [1.165, 1.54) is 42.6 Å². The molecule has 1 aliphatic rings. The molecule has 0 radical (unpaired) electrons. The zero-order chi connectivity index (χ0) is 17.5. The van der Waals surface area contributed by atoms with Crippen LogP contribution >= 0.6 is 0 Å². The maximum Gasteiger partial charge on any atom is 0.261 e. The summed E-state index contributed by atoms with van der Waals surface area (Å²) in [4.78, 5) is 28.5. The molecule has 0 saturated heterocycles. The normalized spacial score (nSPS) is 15.7. The fourth-order valence-electron chi connectivity index (χ4n) is 2.49. The zero-order valence-corrected chi connectivity index (χ0v) is 13.8. The summed E-state index contributed by atoms with van der Waals surface area (Å²) in [6.07, 6.45) is 2.85. The Morgan fingerprint density at radius 1 is 1.21 bits per heavy atom. The molecule has 1 aromatic heterocycles. The molecule has 9 nitrogen and oxygen atoms in total. The van der Waals surface area contributed by atoms with E-state index in [1.54, 1.807) is 6.92 Å². The van der Waals surface area contributed by atoms with E-state index in [0.29, 0.717) is 6.54 Å². The number of nitrogens with zero attached hydrogens (tertiary/aromatic N) is 4. The van der Waals surface area contributed by atoms with E-state index < -0.39 is 27.9 Å². The first-order valence-electron chi connectivity index (χ1n) is 7.11. The van der Waals surface area contributed by atoms with E-state index in [-0.39, 0.29) is 16.0 Å². The fourth-order valence-corrected chi connectivity index (χ4v) is 3.75. The van der Waals surface area contributed by atoms with Gasteiger partial charge in [0.2, 0.25) is 10.0 Å². The Balaban J connectivity index is 1.83. The van der Waals surface area contributed by atoms with Gasteiger partial charge < -0.3 is 0 Å². The number of amides is 2. The molecule has 2 amide bonds. The molecule has 126 valence electrons. The van der Waals surface area contributed by atoms with Crippen LogP contribution in [0.1, 0.15) is 27.6 Å². The van der Waals surface area contributed by atoms with Crippen LogP contribution in [0.15, 0.2) is 35.7 Å². The van der Waals surface area contributed by atoms with Crippen molar-refractivity contribution < 1.29 is 18.0 Å². The van der Waals surface area contributed by atoms with Crippen molar-refractivity contribution in [1.82, 2.24) is 24.4 Å². The third-order valence-corrected chi connectivity index (χ3v) is 5.24. The highest BCUT2D eigenvalue weighted by Crippen LogP contribution is 2.24. The van der Waals surface area contributed by atoms with Crippen LogP contribution in [0.3, 0.4) is 0 Å². The predicted molar refractivity (Wildman–Crippen MR) is 82.7 cm³/mol. The molecule has 2 heterocycles. The smallest absolute Gasteiger partial charge is 0.261 e. The van der Waals surface area contributed by atoms with Crippen molar-refractivity contribution in [2.75, 3.05) is 7.05 Å². The molecule has 0 bridgehead atoms. The van der Waals surface area contributed by atoms with Crippen LogP contribution in [0.5, 0.6) is 0 Å². The number of hydrogen-bond donors (Lipinski definition) is 1. The van der Waals surface area contributed by atoms with E-state index >= 15 is 0 Å². The molecule has 0 unspecified atom stereocenters. The van der Waals surface area contributed by atoms with Crippen molar-refractivity contribution in [3.05, 3.63) is 42.0 Å². The minimum atomic E-state index is -3.84. The van der Waals surface area contributed by atoms with Crippen molar-refractivity contribution in [1.29, 1.82) is 0 Å². The van der Waals surface area contributed by atoms with Gasteiger partial charge in [-0.05, 0) is 25.1 Å². The summed E-state index contributed by atoms with van der Waals surface area (Å²) >= 11 is 0. The summed E-state index contributed by atoms with van der Waals surface area (Å²) in [7, 11) is -2.48. The average Bonchev–Trinajstić information content (AvgIpc) is 3.10. The molecule has 1 atom stereocenters. The lowest BCUT2D eigenvalue weighted by atomic mass is 10.1. The summed E-state index contributed by atoms with van der Waals surface area (Å²) in [5.74, 6) is -0.950. The van der Waals surface area contributed by atoms with Crippen molar-refractivity contribution >= 4 is 21.8 Å². The number of benzene rings is 1. The Bertz CT molecular complexity index is 907. The van der Waals surface area contributed by atoms with Gasteiger partial charge in [0.25, 0.3) is 11.8 Å². The van der Waals surface area contributed by atoms with Gasteiger partial charge in [-0.1, -0.05) is 0 Å². The van der Waals surface area contributed by atoms with E-state index in [2.05, 4.69) is 14.8 Å². The highest BCUT2D eigenvalue weighted by molar-refractivity contribution is 7.89. The van der Waals surface area contributed by atoms with Crippen LogP contribution in [-0.2, 0) is 16.6 Å². The maximum absolute atomic E-state index is 12.5. The summed E-state index contributed by atoms with van der Waals surface area (Å²) in [6.45, 7) is 2.00. The van der Waals surface area contributed by atoms with Gasteiger partial charge in [-0.25, -0.2) is 18.1 Å². The van der Waals surface area contributed by atoms with Gasteiger partial charge in [0, 0.05) is 13.1 Å². The van der Waals surface area contributed by atoms with Gasteiger partial charge in [-0.15, -0.1) is 0 Å². The third-order valence-electron chi connectivity index (χ3n) is 3.66. The van der Waals surface area contributed by atoms with Crippen LogP contribution in [0.2, 0.25) is 0 Å². The summed E-state index contributed by atoms with van der Waals surface area (Å²) in [6, 6.07) is 3.46. The number of imide groups is 1. The largest absolute Gasteiger partial charge is 0.277 e. The molecule has 2 aromatic rings. The van der Waals surface area contributed by atoms with Crippen LogP contribution in [0.4, 0.5) is 0 Å². The first-order chi connectivity index (χ1) is 11.3. The van der Waals surface area contributed by atoms with Crippen molar-refractivity contribution in [2.24, 2.45) is 0 Å². The van der Waals surface area contributed by atoms with Gasteiger partial charge in [-0.2, -0.15) is 5.10 Å². The molecule has 10 heteroatoms. The molecule has 0 fully saturated rings. The maximum atomic E-state index is 12.5. The summed E-state index contributed by atoms with van der Waals surface area (Å²) in [5.41, 5.74) is 0.298. The number of fused-ring (bicyclic) bond motifs is 1. The molecule has 1 aromatic carbocycles. The number of nitrogens with one attached hydrogen (secondary N) is 1. The number of sulfonamides is 1. The van der Waals surface area contributed by atoms with Crippen LogP contribution in [0.25, 0.3) is 0 Å². The van der Waals surface area contributed by atoms with E-state index in [0.717, 1.165) is 4.90 Å². The molecule has 0 saturated carbocycles. The van der Waals surface area contributed by atoms with Gasteiger partial charge in [0.15, 0.2) is 0 Å². The Morgan fingerprint density at radius 3 is 2.58 bits per heavy atom. The highest BCUT2D eigenvalue weighted by atomic mass is 32.2. The second-order valence-electron chi connectivity index (χ2n) is 5.52. The first kappa shape index (κ1) is 16.3. The van der Waals surface area contributed by atoms with Crippen molar-refractivity contribution in [3.63, 3.8) is 0 Å². The molecule has 0 aliphatic carbocycles. The quantitative estimate of drug-likeness (QED) is 0.752. The van der Waals surface area contributed by atoms with E-state index in [9.17, 15) is 18.0 Å². The molecule has 1 aliphatic heterocycles. The standard InChI is InChI=1S/C14H15N5O4S/c1-9(6-19-8-15-7-16-19)17-24(22,23)10-3-4-11-12(5-10)14(21)18(2)13(11)20/h3-5,7-9,17H,6H2,1-2H3/t9-/m1/s1. The Kier molecular flexibility index (Phi) is 3.93. The SMILES string of the molecule is C[C@H](Cn1cncn1)NS(=O)(=O)c1ccc2c(c1)C(=O)N(C)C2=O. The van der Waals surface area contributed by atoms with Crippen molar-refractivity contribution in [2.45, 2.75) is 24.4 Å². The average molecular weight is 349 g/mol. The fraction of sp³-hybridized carbons (Fsp3) is 0.286. The lowest BCUT2D eigenvalue weighted by molar-refractivity contribution is 0.0693. The number of carbonyl (C=O) groups is 2. The zero-order valence-electron chi connectivity index (χ0n) is 13.0. The Hall–Kier alpha value is -2.59. The van der Waals surface area contributed by atoms with Crippen LogP contribution in [0, 0.1) is 0 Å². The monoisotopic (exact) mass is 349 g/mol. The Labute approximate surface area is 138 Å². The molecule has 1 N–H and O–H groups in total. The molecular weight excluding hydrogens is 334 g/mol. The summed E-state index contributed by atoms with van der Waals surface area (Å²) in [5, 5.41) is 3.92. The second kappa shape index (κ2) is 5.80. The third kappa shape index (κ3) is 2.81. The van der Waals surface area contributed by atoms with Crippen LogP contribution < -0.4 is 4.72 Å². The predicted octanol–water partition coefficient (Wildman–Crippen LogP) is -0.129. The molecule has 3 rings (SSSR count). The van der Waals surface area contributed by atoms with E-state index in [4.69, 9.17) is 0 Å². The Morgan fingerprint density at radius 2 is 1.92 bits per heavy atom. The van der Waals surface area contributed by atoms with Crippen molar-refractivity contribution in [3.8, 4) is 0 Å². The van der Waals surface area contributed by atoms with Crippen LogP contribution in [-0.4, -0.2) is 53.0 Å². The molecule has 0 spiro atoms. The van der Waals surface area contributed by atoms with Gasteiger partial charge in [0.05, 0.1) is 22.6 Å². The molecular formula is C14H15N5O4S. The van der Waals surface area contributed by atoms with Gasteiger partial charge in [-0.3, -0.25) is 19.2 Å². The minimum Gasteiger partial charge on any atom is -0.277 e. The minimum absolute atomic E-state index is 0.0665. The second-order valence-corrected chi connectivity index (χ2v) is 7.23. The lowest BCUT2D eigenvalue weighted by Gasteiger charge is -2.14. The highest BCUT2D eigenvalue weighted by Gasteiger charge is 2.34. The number of hydrogen-bond acceptors (Lipinski definition) is 6. The van der Waals surface area contributed by atoms with E-state index in [1.807, 2.05) is 0 Å².